The Kier molecular flexibility index (Phi) is 3.73. The Morgan fingerprint density at radius 3 is 3.06 bits per heavy atom. The van der Waals surface area contributed by atoms with Crippen LogP contribution in [0.1, 0.15) is 17.3 Å². The van der Waals surface area contributed by atoms with Gasteiger partial charge < -0.3 is 9.14 Å². The number of aromatic nitrogens is 2. The molecule has 2 aromatic rings. The van der Waals surface area contributed by atoms with Crippen LogP contribution in [0, 0.1) is 0 Å². The van der Waals surface area contributed by atoms with Gasteiger partial charge >= 0.3 is 5.97 Å². The van der Waals surface area contributed by atoms with Crippen LogP contribution in [0.2, 0.25) is 0 Å². The van der Waals surface area contributed by atoms with E-state index in [-0.39, 0.29) is 5.97 Å². The molecule has 17 heavy (non-hydrogen) atoms. The van der Waals surface area contributed by atoms with Crippen molar-refractivity contribution in [3.63, 3.8) is 0 Å². The van der Waals surface area contributed by atoms with Gasteiger partial charge in [0.1, 0.15) is 9.63 Å². The van der Waals surface area contributed by atoms with Gasteiger partial charge in [0.25, 0.3) is 0 Å². The number of hydrogen-bond acceptors (Lipinski definition) is 4. The van der Waals surface area contributed by atoms with Gasteiger partial charge in [-0.1, -0.05) is 0 Å². The number of carbonyl (C=O) groups excluding carboxylic acids is 1. The predicted octanol–water partition coefficient (Wildman–Crippen LogP) is 3.00. The number of carbonyl (C=O) groups is 1. The first kappa shape index (κ1) is 12.4. The first-order valence-corrected chi connectivity index (χ1v) is 7.07. The highest BCUT2D eigenvalue weighted by molar-refractivity contribution is 9.10. The fourth-order valence-electron chi connectivity index (χ4n) is 1.55. The first-order chi connectivity index (χ1) is 8.19. The number of hydrogen-bond donors (Lipinski definition) is 0. The molecule has 0 aromatic carbocycles. The largest absolute Gasteiger partial charge is 0.462 e. The summed E-state index contributed by atoms with van der Waals surface area (Å²) in [6, 6.07) is 1.79. The zero-order valence-corrected chi connectivity index (χ0v) is 11.8. The molecule has 0 fully saturated rings. The van der Waals surface area contributed by atoms with Crippen LogP contribution in [0.4, 0.5) is 0 Å². The first-order valence-electron chi connectivity index (χ1n) is 5.05. The van der Waals surface area contributed by atoms with Crippen molar-refractivity contribution in [1.82, 2.24) is 9.38 Å². The van der Waals surface area contributed by atoms with Crippen molar-refractivity contribution in [3.8, 4) is 0 Å². The van der Waals surface area contributed by atoms with E-state index < -0.39 is 0 Å². The van der Waals surface area contributed by atoms with E-state index in [2.05, 4.69) is 20.9 Å². The van der Waals surface area contributed by atoms with Gasteiger partial charge in [-0.15, -0.1) is 11.8 Å². The molecule has 0 unspecified atom stereocenters. The second-order valence-electron chi connectivity index (χ2n) is 3.26. The lowest BCUT2D eigenvalue weighted by Crippen LogP contribution is -2.04. The summed E-state index contributed by atoms with van der Waals surface area (Å²) in [6.07, 6.45) is 5.47. The van der Waals surface area contributed by atoms with Crippen molar-refractivity contribution in [2.75, 3.05) is 12.9 Å². The molecule has 0 amide bonds. The molecular weight excluding hydrogens is 304 g/mol. The highest BCUT2D eigenvalue weighted by Gasteiger charge is 2.17. The molecule has 0 saturated carbocycles. The van der Waals surface area contributed by atoms with E-state index in [1.54, 1.807) is 30.9 Å². The zero-order valence-electron chi connectivity index (χ0n) is 9.44. The molecule has 0 aliphatic heterocycles. The number of halogens is 1. The highest BCUT2D eigenvalue weighted by Crippen LogP contribution is 2.27. The SMILES string of the molecule is CCOC(=O)c1cc2c(SC)nccn2c1Br. The molecule has 0 saturated heterocycles. The minimum atomic E-state index is -0.324. The third-order valence-electron chi connectivity index (χ3n) is 2.29. The van der Waals surface area contributed by atoms with Crippen molar-refractivity contribution in [2.45, 2.75) is 11.9 Å². The highest BCUT2D eigenvalue weighted by atomic mass is 79.9. The summed E-state index contributed by atoms with van der Waals surface area (Å²) in [7, 11) is 0. The summed E-state index contributed by atoms with van der Waals surface area (Å²) >= 11 is 4.95. The van der Waals surface area contributed by atoms with Crippen molar-refractivity contribution in [3.05, 3.63) is 28.6 Å². The molecular formula is C11H11BrN2O2S. The molecule has 90 valence electrons. The van der Waals surface area contributed by atoms with Crippen LogP contribution in [-0.4, -0.2) is 28.2 Å². The summed E-state index contributed by atoms with van der Waals surface area (Å²) in [5, 5.41) is 0.878. The number of rotatable bonds is 3. The molecule has 2 heterocycles. The normalized spacial score (nSPS) is 10.8. The third-order valence-corrected chi connectivity index (χ3v) is 3.80. The van der Waals surface area contributed by atoms with E-state index >= 15 is 0 Å². The van der Waals surface area contributed by atoms with Gasteiger partial charge in [-0.05, 0) is 35.2 Å². The number of thioether (sulfide) groups is 1. The Labute approximate surface area is 111 Å². The number of ether oxygens (including phenoxy) is 1. The van der Waals surface area contributed by atoms with Crippen LogP contribution >= 0.6 is 27.7 Å². The minimum Gasteiger partial charge on any atom is -0.462 e. The maximum absolute atomic E-state index is 11.7. The maximum Gasteiger partial charge on any atom is 0.340 e. The average molecular weight is 315 g/mol. The molecule has 0 atom stereocenters. The molecule has 0 bridgehead atoms. The van der Waals surface area contributed by atoms with E-state index in [0.717, 1.165) is 10.5 Å². The Hall–Kier alpha value is -1.01. The number of esters is 1. The lowest BCUT2D eigenvalue weighted by atomic mass is 10.3. The van der Waals surface area contributed by atoms with Gasteiger partial charge in [0.15, 0.2) is 0 Å². The Morgan fingerprint density at radius 1 is 1.65 bits per heavy atom. The van der Waals surface area contributed by atoms with Gasteiger partial charge in [-0.3, -0.25) is 0 Å². The van der Waals surface area contributed by atoms with Gasteiger partial charge in [-0.25, -0.2) is 9.78 Å². The molecule has 4 nitrogen and oxygen atoms in total. The van der Waals surface area contributed by atoms with Crippen molar-refractivity contribution >= 4 is 39.2 Å². The quantitative estimate of drug-likeness (QED) is 0.645. The fourth-order valence-corrected chi connectivity index (χ4v) is 2.67. The summed E-state index contributed by atoms with van der Waals surface area (Å²) in [5.41, 5.74) is 1.42. The molecule has 0 radical (unpaired) electrons. The lowest BCUT2D eigenvalue weighted by molar-refractivity contribution is 0.0525. The molecule has 0 spiro atoms. The lowest BCUT2D eigenvalue weighted by Gasteiger charge is -2.00. The number of fused-ring (bicyclic) bond motifs is 1. The van der Waals surface area contributed by atoms with Gasteiger partial charge in [0, 0.05) is 12.4 Å². The van der Waals surface area contributed by atoms with Gasteiger partial charge in [0.05, 0.1) is 17.7 Å². The Morgan fingerprint density at radius 2 is 2.41 bits per heavy atom. The van der Waals surface area contributed by atoms with Gasteiger partial charge in [0.2, 0.25) is 0 Å². The average Bonchev–Trinajstić information content (AvgIpc) is 2.67. The molecule has 2 rings (SSSR count). The smallest absolute Gasteiger partial charge is 0.340 e. The van der Waals surface area contributed by atoms with Crippen molar-refractivity contribution < 1.29 is 9.53 Å². The Balaban J connectivity index is 2.60. The maximum atomic E-state index is 11.7. The van der Waals surface area contributed by atoms with E-state index in [1.165, 1.54) is 0 Å². The molecule has 6 heteroatoms. The zero-order chi connectivity index (χ0) is 12.4. The standard InChI is InChI=1S/C11H11BrN2O2S/c1-3-16-11(15)7-6-8-10(17-2)13-4-5-14(8)9(7)12/h4-6H,3H2,1-2H3. The number of nitrogens with zero attached hydrogens (tertiary/aromatic N) is 2. The van der Waals surface area contributed by atoms with Crippen molar-refractivity contribution in [2.24, 2.45) is 0 Å². The van der Waals surface area contributed by atoms with Crippen LogP contribution in [0.5, 0.6) is 0 Å². The van der Waals surface area contributed by atoms with Crippen LogP contribution in [-0.2, 0) is 4.74 Å². The fraction of sp³-hybridized carbons (Fsp3) is 0.273. The van der Waals surface area contributed by atoms with Crippen molar-refractivity contribution in [1.29, 1.82) is 0 Å². The summed E-state index contributed by atoms with van der Waals surface area (Å²) in [4.78, 5) is 16.0. The topological polar surface area (TPSA) is 43.6 Å². The molecule has 0 N–H and O–H groups in total. The van der Waals surface area contributed by atoms with E-state index in [0.29, 0.717) is 16.8 Å². The molecule has 0 aliphatic rings. The van der Waals surface area contributed by atoms with Crippen LogP contribution in [0.3, 0.4) is 0 Å². The van der Waals surface area contributed by atoms with Crippen LogP contribution in [0.15, 0.2) is 28.1 Å². The summed E-state index contributed by atoms with van der Waals surface area (Å²) < 4.78 is 7.58. The summed E-state index contributed by atoms with van der Waals surface area (Å²) in [6.45, 7) is 2.15. The molecule has 2 aromatic heterocycles. The Bertz CT molecular complexity index is 568. The van der Waals surface area contributed by atoms with E-state index in [9.17, 15) is 4.79 Å². The van der Waals surface area contributed by atoms with E-state index in [4.69, 9.17) is 4.74 Å². The van der Waals surface area contributed by atoms with Crippen LogP contribution < -0.4 is 0 Å². The van der Waals surface area contributed by atoms with Crippen LogP contribution in [0.25, 0.3) is 5.52 Å². The second kappa shape index (κ2) is 5.10. The predicted molar refractivity (Wildman–Crippen MR) is 70.6 cm³/mol. The summed E-state index contributed by atoms with van der Waals surface area (Å²) in [5.74, 6) is -0.324. The second-order valence-corrected chi connectivity index (χ2v) is 4.81. The minimum absolute atomic E-state index is 0.324. The third kappa shape index (κ3) is 2.19. The monoisotopic (exact) mass is 314 g/mol. The molecule has 0 aliphatic carbocycles. The van der Waals surface area contributed by atoms with Gasteiger partial charge in [-0.2, -0.15) is 0 Å². The van der Waals surface area contributed by atoms with E-state index in [1.807, 2.05) is 16.9 Å².